The quantitative estimate of drug-likeness (QED) is 0.705. The van der Waals surface area contributed by atoms with Gasteiger partial charge in [-0.25, -0.2) is 0 Å². The van der Waals surface area contributed by atoms with Crippen LogP contribution in [0.4, 0.5) is 0 Å². The molecular weight excluding hydrogens is 204 g/mol. The van der Waals surface area contributed by atoms with Gasteiger partial charge in [0.05, 0.1) is 0 Å². The zero-order valence-electron chi connectivity index (χ0n) is 8.70. The molecule has 0 unspecified atom stereocenters. The van der Waals surface area contributed by atoms with Gasteiger partial charge in [0.1, 0.15) is 0 Å². The maximum Gasteiger partial charge on any atom is 0.0408 e. The Hall–Kier alpha value is -1.27. The highest BCUT2D eigenvalue weighted by molar-refractivity contribution is 6.30. The molecule has 0 aliphatic rings. The van der Waals surface area contributed by atoms with Gasteiger partial charge in [-0.15, -0.1) is 0 Å². The van der Waals surface area contributed by atoms with Crippen LogP contribution in [0, 0.1) is 6.92 Å². The van der Waals surface area contributed by atoms with Crippen LogP contribution >= 0.6 is 11.6 Å². The first kappa shape index (κ1) is 10.3. The second-order valence-corrected chi connectivity index (χ2v) is 4.17. The van der Waals surface area contributed by atoms with Crippen LogP contribution in [0.1, 0.15) is 16.7 Å². The van der Waals surface area contributed by atoms with E-state index in [4.69, 9.17) is 11.6 Å². The van der Waals surface area contributed by atoms with Crippen LogP contribution in [0.3, 0.4) is 0 Å². The number of rotatable bonds is 2. The zero-order chi connectivity index (χ0) is 10.7. The molecule has 2 aromatic rings. The average molecular weight is 217 g/mol. The molecule has 0 radical (unpaired) electrons. The number of aryl methyl sites for hydroxylation is 1. The van der Waals surface area contributed by atoms with Gasteiger partial charge in [-0.05, 0) is 42.2 Å². The summed E-state index contributed by atoms with van der Waals surface area (Å²) in [5.74, 6) is 0. The molecule has 0 saturated heterocycles. The van der Waals surface area contributed by atoms with Crippen LogP contribution in [-0.2, 0) is 6.42 Å². The lowest BCUT2D eigenvalue weighted by atomic mass is 10.0. The monoisotopic (exact) mass is 216 g/mol. The van der Waals surface area contributed by atoms with Crippen LogP contribution in [0.5, 0.6) is 0 Å². The second kappa shape index (κ2) is 4.50. The molecule has 1 heteroatoms. The predicted molar refractivity (Wildman–Crippen MR) is 65.4 cm³/mol. The lowest BCUT2D eigenvalue weighted by molar-refractivity contribution is 1.16. The third-order valence-corrected chi connectivity index (χ3v) is 2.78. The minimum absolute atomic E-state index is 0.807. The molecule has 2 aromatic carbocycles. The van der Waals surface area contributed by atoms with Gasteiger partial charge in [-0.1, -0.05) is 48.0 Å². The summed E-state index contributed by atoms with van der Waals surface area (Å²) in [6.07, 6.45) is 0.952. The smallest absolute Gasteiger partial charge is 0.0408 e. The molecule has 0 nitrogen and oxygen atoms in total. The van der Waals surface area contributed by atoms with E-state index in [9.17, 15) is 0 Å². The van der Waals surface area contributed by atoms with Gasteiger partial charge in [0.25, 0.3) is 0 Å². The molecule has 0 spiro atoms. The van der Waals surface area contributed by atoms with Gasteiger partial charge in [0, 0.05) is 5.02 Å². The standard InChI is InChI=1S/C14H13Cl/c1-11-5-2-3-7-13(11)9-12-6-4-8-14(15)10-12/h2-8,10H,9H2,1H3. The Bertz CT molecular complexity index is 460. The molecule has 0 saturated carbocycles. The van der Waals surface area contributed by atoms with E-state index in [1.165, 1.54) is 16.7 Å². The maximum absolute atomic E-state index is 5.95. The molecule has 0 N–H and O–H groups in total. The predicted octanol–water partition coefficient (Wildman–Crippen LogP) is 4.24. The fourth-order valence-electron chi connectivity index (χ4n) is 1.68. The molecule has 0 bridgehead atoms. The van der Waals surface area contributed by atoms with Crippen LogP contribution in [0.15, 0.2) is 48.5 Å². The number of halogens is 1. The third kappa shape index (κ3) is 2.60. The van der Waals surface area contributed by atoms with Crippen LogP contribution < -0.4 is 0 Å². The van der Waals surface area contributed by atoms with Gasteiger partial charge < -0.3 is 0 Å². The summed E-state index contributed by atoms with van der Waals surface area (Å²) in [5, 5.41) is 0.807. The van der Waals surface area contributed by atoms with Gasteiger partial charge in [0.2, 0.25) is 0 Å². The Morgan fingerprint density at radius 1 is 1.00 bits per heavy atom. The van der Waals surface area contributed by atoms with Crippen molar-refractivity contribution in [1.29, 1.82) is 0 Å². The zero-order valence-corrected chi connectivity index (χ0v) is 9.46. The summed E-state index contributed by atoms with van der Waals surface area (Å²) in [5.41, 5.74) is 3.95. The summed E-state index contributed by atoms with van der Waals surface area (Å²) >= 11 is 5.95. The van der Waals surface area contributed by atoms with Gasteiger partial charge in [0.15, 0.2) is 0 Å². The van der Waals surface area contributed by atoms with Crippen molar-refractivity contribution in [3.63, 3.8) is 0 Å². The molecule has 2 rings (SSSR count). The number of hydrogen-bond donors (Lipinski definition) is 0. The van der Waals surface area contributed by atoms with E-state index in [1.54, 1.807) is 0 Å². The van der Waals surface area contributed by atoms with Crippen molar-refractivity contribution >= 4 is 11.6 Å². The summed E-state index contributed by atoms with van der Waals surface area (Å²) < 4.78 is 0. The fraction of sp³-hybridized carbons (Fsp3) is 0.143. The Balaban J connectivity index is 2.26. The first-order valence-corrected chi connectivity index (χ1v) is 5.42. The van der Waals surface area contributed by atoms with E-state index in [2.05, 4.69) is 37.3 Å². The van der Waals surface area contributed by atoms with Crippen molar-refractivity contribution in [2.45, 2.75) is 13.3 Å². The van der Waals surface area contributed by atoms with Crippen molar-refractivity contribution < 1.29 is 0 Å². The van der Waals surface area contributed by atoms with Crippen LogP contribution in [-0.4, -0.2) is 0 Å². The lowest BCUT2D eigenvalue weighted by Gasteiger charge is -2.05. The molecule has 76 valence electrons. The van der Waals surface area contributed by atoms with E-state index in [-0.39, 0.29) is 0 Å². The number of benzene rings is 2. The summed E-state index contributed by atoms with van der Waals surface area (Å²) in [7, 11) is 0. The molecule has 0 aromatic heterocycles. The molecular formula is C14H13Cl. The lowest BCUT2D eigenvalue weighted by Crippen LogP contribution is -1.90. The van der Waals surface area contributed by atoms with Crippen molar-refractivity contribution in [2.75, 3.05) is 0 Å². The van der Waals surface area contributed by atoms with Gasteiger partial charge in [-0.3, -0.25) is 0 Å². The second-order valence-electron chi connectivity index (χ2n) is 3.73. The minimum Gasteiger partial charge on any atom is -0.0843 e. The van der Waals surface area contributed by atoms with Crippen molar-refractivity contribution in [1.82, 2.24) is 0 Å². The van der Waals surface area contributed by atoms with E-state index < -0.39 is 0 Å². The Morgan fingerprint density at radius 2 is 1.80 bits per heavy atom. The topological polar surface area (TPSA) is 0 Å². The third-order valence-electron chi connectivity index (χ3n) is 2.54. The molecule has 0 amide bonds. The highest BCUT2D eigenvalue weighted by Crippen LogP contribution is 2.16. The van der Waals surface area contributed by atoms with Crippen molar-refractivity contribution in [3.05, 3.63) is 70.2 Å². The first-order chi connectivity index (χ1) is 7.25. The van der Waals surface area contributed by atoms with Crippen LogP contribution in [0.2, 0.25) is 5.02 Å². The van der Waals surface area contributed by atoms with E-state index >= 15 is 0 Å². The van der Waals surface area contributed by atoms with Crippen molar-refractivity contribution in [2.24, 2.45) is 0 Å². The van der Waals surface area contributed by atoms with E-state index in [1.807, 2.05) is 18.2 Å². The van der Waals surface area contributed by atoms with Gasteiger partial charge >= 0.3 is 0 Å². The van der Waals surface area contributed by atoms with Crippen LogP contribution in [0.25, 0.3) is 0 Å². The summed E-state index contributed by atoms with van der Waals surface area (Å²) in [6.45, 7) is 2.14. The normalized spacial score (nSPS) is 10.3. The molecule has 0 fully saturated rings. The highest BCUT2D eigenvalue weighted by atomic mass is 35.5. The molecule has 0 aliphatic carbocycles. The Kier molecular flexibility index (Phi) is 3.08. The SMILES string of the molecule is Cc1ccccc1Cc1cccc(Cl)c1. The van der Waals surface area contributed by atoms with E-state index in [0.717, 1.165) is 11.4 Å². The minimum atomic E-state index is 0.807. The molecule has 0 heterocycles. The van der Waals surface area contributed by atoms with Gasteiger partial charge in [-0.2, -0.15) is 0 Å². The average Bonchev–Trinajstić information content (AvgIpc) is 2.22. The summed E-state index contributed by atoms with van der Waals surface area (Å²) in [4.78, 5) is 0. The number of hydrogen-bond acceptors (Lipinski definition) is 0. The molecule has 15 heavy (non-hydrogen) atoms. The highest BCUT2D eigenvalue weighted by Gasteiger charge is 1.99. The first-order valence-electron chi connectivity index (χ1n) is 5.04. The molecule has 0 aliphatic heterocycles. The van der Waals surface area contributed by atoms with Crippen molar-refractivity contribution in [3.8, 4) is 0 Å². The Morgan fingerprint density at radius 3 is 2.53 bits per heavy atom. The van der Waals surface area contributed by atoms with E-state index in [0.29, 0.717) is 0 Å². The molecule has 0 atom stereocenters. The maximum atomic E-state index is 5.95. The Labute approximate surface area is 95.5 Å². The summed E-state index contributed by atoms with van der Waals surface area (Å²) in [6, 6.07) is 16.5. The largest absolute Gasteiger partial charge is 0.0843 e. The fourth-order valence-corrected chi connectivity index (χ4v) is 1.89.